The van der Waals surface area contributed by atoms with E-state index in [1.54, 1.807) is 0 Å². The molecule has 0 radical (unpaired) electrons. The average Bonchev–Trinajstić information content (AvgIpc) is 3.06. The summed E-state index contributed by atoms with van der Waals surface area (Å²) in [5.74, 6) is 3.27. The summed E-state index contributed by atoms with van der Waals surface area (Å²) < 4.78 is 27.2. The Labute approximate surface area is 269 Å². The molecule has 246 valence electrons. The third kappa shape index (κ3) is 12.5. The fraction of sp³-hybridized carbons (Fsp3) is 0.707. The first-order chi connectivity index (χ1) is 21.6. The first-order valence-corrected chi connectivity index (χ1v) is 18.8. The summed E-state index contributed by atoms with van der Waals surface area (Å²) in [6, 6.07) is 14.5. The molecule has 0 spiro atoms. The molecule has 2 saturated carbocycles. The van der Waals surface area contributed by atoms with Crippen molar-refractivity contribution in [3.8, 4) is 5.75 Å². The van der Waals surface area contributed by atoms with Gasteiger partial charge in [-0.05, 0) is 130 Å². The number of rotatable bonds is 20. The van der Waals surface area contributed by atoms with E-state index >= 15 is 4.39 Å². The summed E-state index contributed by atoms with van der Waals surface area (Å²) in [6.45, 7) is 6.15. The zero-order chi connectivity index (χ0) is 30.8. The largest absolute Gasteiger partial charge is 0.494 e. The van der Waals surface area contributed by atoms with Crippen LogP contribution in [0.3, 0.4) is 0 Å². The van der Waals surface area contributed by atoms with Crippen LogP contribution in [-0.4, -0.2) is 19.3 Å². The van der Waals surface area contributed by atoms with Crippen LogP contribution >= 0.6 is 0 Å². The zero-order valence-electron chi connectivity index (χ0n) is 28.3. The van der Waals surface area contributed by atoms with Crippen LogP contribution in [-0.2, 0) is 17.6 Å². The van der Waals surface area contributed by atoms with E-state index in [4.69, 9.17) is 9.47 Å². The molecule has 0 aromatic heterocycles. The lowest BCUT2D eigenvalue weighted by molar-refractivity contribution is 0.0142. The van der Waals surface area contributed by atoms with Gasteiger partial charge in [0.05, 0.1) is 12.7 Å². The smallest absolute Gasteiger partial charge is 0.126 e. The third-order valence-corrected chi connectivity index (χ3v) is 10.6. The van der Waals surface area contributed by atoms with Crippen LogP contribution in [0.2, 0.25) is 0 Å². The molecule has 3 heteroatoms. The van der Waals surface area contributed by atoms with Gasteiger partial charge in [0.1, 0.15) is 11.6 Å². The molecule has 2 aliphatic carbocycles. The predicted octanol–water partition coefficient (Wildman–Crippen LogP) is 12.2. The van der Waals surface area contributed by atoms with Gasteiger partial charge < -0.3 is 9.47 Å². The van der Waals surface area contributed by atoms with Crippen molar-refractivity contribution in [3.63, 3.8) is 0 Å². The lowest BCUT2D eigenvalue weighted by atomic mass is 9.77. The van der Waals surface area contributed by atoms with Gasteiger partial charge in [-0.2, -0.15) is 0 Å². The van der Waals surface area contributed by atoms with Crippen molar-refractivity contribution in [1.82, 2.24) is 0 Å². The van der Waals surface area contributed by atoms with Crippen LogP contribution in [0.1, 0.15) is 158 Å². The van der Waals surface area contributed by atoms with E-state index in [9.17, 15) is 0 Å². The molecule has 4 rings (SSSR count). The van der Waals surface area contributed by atoms with Crippen LogP contribution in [0.4, 0.5) is 4.39 Å². The topological polar surface area (TPSA) is 18.5 Å². The Morgan fingerprint density at radius 2 is 1.27 bits per heavy atom. The molecular weight excluding hydrogens is 543 g/mol. The summed E-state index contributed by atoms with van der Waals surface area (Å²) >= 11 is 0. The van der Waals surface area contributed by atoms with Crippen LogP contribution < -0.4 is 4.74 Å². The maximum atomic E-state index is 15.1. The Morgan fingerprint density at radius 3 is 1.95 bits per heavy atom. The Morgan fingerprint density at radius 1 is 0.636 bits per heavy atom. The van der Waals surface area contributed by atoms with Crippen molar-refractivity contribution >= 4 is 0 Å². The Bertz CT molecular complexity index is 1020. The van der Waals surface area contributed by atoms with Gasteiger partial charge >= 0.3 is 0 Å². The van der Waals surface area contributed by atoms with E-state index < -0.39 is 0 Å². The Kier molecular flexibility index (Phi) is 16.1. The van der Waals surface area contributed by atoms with E-state index in [2.05, 4.69) is 44.2 Å². The number of benzene rings is 2. The molecule has 44 heavy (non-hydrogen) atoms. The Hall–Kier alpha value is -1.87. The first-order valence-electron chi connectivity index (χ1n) is 18.8. The lowest BCUT2D eigenvalue weighted by Gasteiger charge is -2.29. The highest BCUT2D eigenvalue weighted by Gasteiger charge is 2.23. The molecule has 0 aliphatic heterocycles. The summed E-state index contributed by atoms with van der Waals surface area (Å²) in [5, 5.41) is 0. The van der Waals surface area contributed by atoms with Crippen molar-refractivity contribution in [3.05, 3.63) is 65.0 Å². The summed E-state index contributed by atoms with van der Waals surface area (Å²) in [4.78, 5) is 0. The number of hydrogen-bond donors (Lipinski definition) is 0. The molecule has 2 aromatic carbocycles. The minimum absolute atomic E-state index is 0.0248. The van der Waals surface area contributed by atoms with Crippen molar-refractivity contribution in [1.29, 1.82) is 0 Å². The van der Waals surface area contributed by atoms with Crippen LogP contribution in [0.25, 0.3) is 0 Å². The first kappa shape index (κ1) is 35.0. The van der Waals surface area contributed by atoms with Gasteiger partial charge in [0.2, 0.25) is 0 Å². The van der Waals surface area contributed by atoms with Crippen molar-refractivity contribution < 1.29 is 13.9 Å². The second kappa shape index (κ2) is 20.3. The van der Waals surface area contributed by atoms with E-state index in [0.717, 1.165) is 62.0 Å². The molecule has 2 nitrogen and oxygen atoms in total. The molecule has 2 aliphatic rings. The minimum atomic E-state index is -0.0248. The van der Waals surface area contributed by atoms with Gasteiger partial charge in [0.25, 0.3) is 0 Å². The standard InChI is InChI=1S/C41H63FO2/c1-3-5-7-9-13-33-14-21-36(22-15-33)38-25-24-37(41(42)32-38)23-16-35-19-28-40(29-20-35)44-31-11-10-30-43-39-26-17-34(18-27-39)12-8-6-4-2/h19-20,24-25,28-29,32-34,36,39H,3-18,21-23,26-27,30-31H2,1-2H3. The molecule has 0 amide bonds. The van der Waals surface area contributed by atoms with Gasteiger partial charge in [-0.25, -0.2) is 4.39 Å². The van der Waals surface area contributed by atoms with E-state index in [-0.39, 0.29) is 5.82 Å². The third-order valence-electron chi connectivity index (χ3n) is 10.6. The Balaban J connectivity index is 1.06. The highest BCUT2D eigenvalue weighted by atomic mass is 19.1. The van der Waals surface area contributed by atoms with Crippen molar-refractivity contribution in [2.75, 3.05) is 13.2 Å². The van der Waals surface area contributed by atoms with Gasteiger partial charge in [-0.15, -0.1) is 0 Å². The molecule has 0 N–H and O–H groups in total. The maximum Gasteiger partial charge on any atom is 0.126 e. The SMILES string of the molecule is CCCCCCC1CCC(c2ccc(CCc3ccc(OCCCCOC4CCC(CCCCC)CC4)cc3)c(F)c2)CC1. The summed E-state index contributed by atoms with van der Waals surface area (Å²) in [5.41, 5.74) is 3.27. The summed E-state index contributed by atoms with van der Waals surface area (Å²) in [7, 11) is 0. The number of hydrogen-bond acceptors (Lipinski definition) is 2. The number of aryl methyl sites for hydroxylation is 2. The number of unbranched alkanes of at least 4 members (excludes halogenated alkanes) is 6. The lowest BCUT2D eigenvalue weighted by Crippen LogP contribution is -2.22. The highest BCUT2D eigenvalue weighted by molar-refractivity contribution is 5.30. The fourth-order valence-electron chi connectivity index (χ4n) is 7.61. The van der Waals surface area contributed by atoms with E-state index in [1.807, 2.05) is 12.1 Å². The highest BCUT2D eigenvalue weighted by Crippen LogP contribution is 2.38. The van der Waals surface area contributed by atoms with Gasteiger partial charge in [0, 0.05) is 6.61 Å². The molecule has 0 saturated heterocycles. The van der Waals surface area contributed by atoms with Gasteiger partial charge in [-0.3, -0.25) is 0 Å². The van der Waals surface area contributed by atoms with Crippen molar-refractivity contribution in [2.45, 2.75) is 161 Å². The molecule has 0 bridgehead atoms. The molecule has 0 unspecified atom stereocenters. The number of halogens is 1. The monoisotopic (exact) mass is 606 g/mol. The number of ether oxygens (including phenoxy) is 2. The molecule has 0 atom stereocenters. The van der Waals surface area contributed by atoms with Crippen LogP contribution in [0.5, 0.6) is 5.75 Å². The van der Waals surface area contributed by atoms with Crippen molar-refractivity contribution in [2.24, 2.45) is 11.8 Å². The molecule has 2 aromatic rings. The quantitative estimate of drug-likeness (QED) is 0.140. The molecular formula is C41H63FO2. The van der Waals surface area contributed by atoms with E-state index in [0.29, 0.717) is 12.0 Å². The summed E-state index contributed by atoms with van der Waals surface area (Å²) in [6.07, 6.45) is 26.8. The van der Waals surface area contributed by atoms with Crippen LogP contribution in [0, 0.1) is 17.7 Å². The zero-order valence-corrected chi connectivity index (χ0v) is 28.3. The van der Waals surface area contributed by atoms with Crippen LogP contribution in [0.15, 0.2) is 42.5 Å². The second-order valence-electron chi connectivity index (χ2n) is 14.1. The molecule has 0 heterocycles. The minimum Gasteiger partial charge on any atom is -0.494 e. The van der Waals surface area contributed by atoms with Gasteiger partial charge in [-0.1, -0.05) is 95.9 Å². The molecule has 2 fully saturated rings. The normalized spacial score (nSPS) is 22.2. The maximum absolute atomic E-state index is 15.1. The fourth-order valence-corrected chi connectivity index (χ4v) is 7.61. The van der Waals surface area contributed by atoms with E-state index in [1.165, 1.54) is 120 Å². The average molecular weight is 607 g/mol. The predicted molar refractivity (Wildman–Crippen MR) is 184 cm³/mol. The van der Waals surface area contributed by atoms with Gasteiger partial charge in [0.15, 0.2) is 0 Å². The second-order valence-corrected chi connectivity index (χ2v) is 14.1.